The van der Waals surface area contributed by atoms with Crippen molar-refractivity contribution in [2.75, 3.05) is 0 Å². The highest BCUT2D eigenvalue weighted by molar-refractivity contribution is 5.00. The van der Waals surface area contributed by atoms with E-state index in [1.54, 1.807) is 0 Å². The van der Waals surface area contributed by atoms with Gasteiger partial charge < -0.3 is 9.52 Å². The molecule has 7 heavy (non-hydrogen) atoms. The summed E-state index contributed by atoms with van der Waals surface area (Å²) < 4.78 is 4.35. The number of aromatic nitrogens is 1. The molecule has 37 valence electrons. The van der Waals surface area contributed by atoms with Crippen molar-refractivity contribution < 1.29 is 9.52 Å². The molecule has 0 spiro atoms. The van der Waals surface area contributed by atoms with Gasteiger partial charge in [0.05, 0.1) is 5.69 Å². The molecule has 1 N–H and O–H groups in total. The van der Waals surface area contributed by atoms with Crippen molar-refractivity contribution in [1.29, 1.82) is 0 Å². The van der Waals surface area contributed by atoms with E-state index in [0.29, 0.717) is 5.69 Å². The van der Waals surface area contributed by atoms with Gasteiger partial charge in [-0.1, -0.05) is 0 Å². The number of nitrogens with zero attached hydrogens (tertiary/aromatic N) is 1. The standard InChI is InChI=1S/C4H4NO2/c1-3-2-7-4(6)5-3/h2H,1H2,(H,5,6). The summed E-state index contributed by atoms with van der Waals surface area (Å²) in [6.45, 7) is 3.38. The maximum absolute atomic E-state index is 8.34. The number of hydrogen-bond acceptors (Lipinski definition) is 3. The van der Waals surface area contributed by atoms with Crippen LogP contribution in [0, 0.1) is 6.92 Å². The van der Waals surface area contributed by atoms with Crippen molar-refractivity contribution in [2.45, 2.75) is 0 Å². The summed E-state index contributed by atoms with van der Waals surface area (Å²) in [6.07, 6.45) is 0.944. The van der Waals surface area contributed by atoms with Crippen molar-refractivity contribution in [2.24, 2.45) is 0 Å². The normalized spacial score (nSPS) is 9.29. The zero-order chi connectivity index (χ0) is 5.28. The van der Waals surface area contributed by atoms with E-state index in [2.05, 4.69) is 16.3 Å². The number of hydrogen-bond donors (Lipinski definition) is 1. The Labute approximate surface area is 40.6 Å². The first-order chi connectivity index (χ1) is 3.29. The zero-order valence-electron chi connectivity index (χ0n) is 3.59. The first-order valence-corrected chi connectivity index (χ1v) is 1.75. The predicted molar refractivity (Wildman–Crippen MR) is 22.6 cm³/mol. The quantitative estimate of drug-likeness (QED) is 0.515. The van der Waals surface area contributed by atoms with Gasteiger partial charge in [0.15, 0.2) is 0 Å². The van der Waals surface area contributed by atoms with Gasteiger partial charge in [0.25, 0.3) is 0 Å². The van der Waals surface area contributed by atoms with E-state index in [1.807, 2.05) is 0 Å². The van der Waals surface area contributed by atoms with Crippen molar-refractivity contribution in [3.8, 4) is 6.08 Å². The summed E-state index contributed by atoms with van der Waals surface area (Å²) in [6, 6.07) is 0. The lowest BCUT2D eigenvalue weighted by molar-refractivity contribution is 0.316. The van der Waals surface area contributed by atoms with Crippen LogP contribution in [0.25, 0.3) is 0 Å². The van der Waals surface area contributed by atoms with E-state index in [1.165, 1.54) is 6.26 Å². The molecule has 1 heterocycles. The molecule has 0 atom stereocenters. The van der Waals surface area contributed by atoms with Crippen LogP contribution in [-0.4, -0.2) is 10.1 Å². The Kier molecular flexibility index (Phi) is 0.749. The smallest absolute Gasteiger partial charge is 0.391 e. The van der Waals surface area contributed by atoms with Gasteiger partial charge in [-0.3, -0.25) is 0 Å². The highest BCUT2D eigenvalue weighted by Gasteiger charge is 1.91. The molecule has 0 aliphatic carbocycles. The van der Waals surface area contributed by atoms with E-state index < -0.39 is 0 Å². The maximum atomic E-state index is 8.34. The van der Waals surface area contributed by atoms with E-state index in [0.717, 1.165) is 0 Å². The third kappa shape index (κ3) is 0.707. The van der Waals surface area contributed by atoms with Crippen LogP contribution in [0.1, 0.15) is 5.69 Å². The van der Waals surface area contributed by atoms with E-state index >= 15 is 0 Å². The Morgan fingerprint density at radius 3 is 2.71 bits per heavy atom. The largest absolute Gasteiger partial charge is 0.466 e. The van der Waals surface area contributed by atoms with Gasteiger partial charge in [0.1, 0.15) is 6.26 Å². The average Bonchev–Trinajstić information content (AvgIpc) is 1.87. The molecule has 0 amide bonds. The van der Waals surface area contributed by atoms with Gasteiger partial charge in [-0.2, -0.15) is 4.98 Å². The minimum atomic E-state index is -0.329. The highest BCUT2D eigenvalue weighted by atomic mass is 16.5. The molecule has 0 fully saturated rings. The third-order valence-electron chi connectivity index (χ3n) is 0.540. The summed E-state index contributed by atoms with van der Waals surface area (Å²) in [4.78, 5) is 3.39. The van der Waals surface area contributed by atoms with E-state index in [9.17, 15) is 0 Å². The van der Waals surface area contributed by atoms with E-state index in [4.69, 9.17) is 5.11 Å². The average molecular weight is 98.1 g/mol. The van der Waals surface area contributed by atoms with Crippen LogP contribution in [0.2, 0.25) is 0 Å². The topological polar surface area (TPSA) is 46.3 Å². The van der Waals surface area contributed by atoms with Crippen LogP contribution in [0.4, 0.5) is 0 Å². The van der Waals surface area contributed by atoms with Crippen molar-refractivity contribution in [1.82, 2.24) is 4.98 Å². The van der Waals surface area contributed by atoms with Gasteiger partial charge in [0, 0.05) is 0 Å². The Bertz CT molecular complexity index is 142. The lowest BCUT2D eigenvalue weighted by atomic mass is 10.6. The molecule has 0 saturated heterocycles. The minimum absolute atomic E-state index is 0.329. The van der Waals surface area contributed by atoms with Crippen LogP contribution in [0.3, 0.4) is 0 Å². The fraction of sp³-hybridized carbons (Fsp3) is 0. The van der Waals surface area contributed by atoms with Crippen molar-refractivity contribution >= 4 is 0 Å². The fourth-order valence-corrected chi connectivity index (χ4v) is 0.296. The van der Waals surface area contributed by atoms with Crippen LogP contribution in [0.15, 0.2) is 10.7 Å². The molecule has 0 saturated carbocycles. The highest BCUT2D eigenvalue weighted by Crippen LogP contribution is 2.04. The second-order valence-electron chi connectivity index (χ2n) is 1.12. The number of rotatable bonds is 0. The van der Waals surface area contributed by atoms with Crippen molar-refractivity contribution in [3.05, 3.63) is 18.9 Å². The Morgan fingerprint density at radius 1 is 1.86 bits per heavy atom. The summed E-state index contributed by atoms with van der Waals surface area (Å²) in [5, 5.41) is 8.34. The Morgan fingerprint density at radius 2 is 2.57 bits per heavy atom. The SMILES string of the molecule is [CH2]c1coc(O)n1. The summed E-state index contributed by atoms with van der Waals surface area (Å²) in [7, 11) is 0. The van der Waals surface area contributed by atoms with Gasteiger partial charge in [-0.15, -0.1) is 0 Å². The third-order valence-corrected chi connectivity index (χ3v) is 0.540. The summed E-state index contributed by atoms with van der Waals surface area (Å²) >= 11 is 0. The van der Waals surface area contributed by atoms with E-state index in [-0.39, 0.29) is 6.08 Å². The minimum Gasteiger partial charge on any atom is -0.466 e. The molecular formula is C4H4NO2. The maximum Gasteiger partial charge on any atom is 0.391 e. The molecule has 0 unspecified atom stereocenters. The summed E-state index contributed by atoms with van der Waals surface area (Å²) in [5.74, 6) is 0. The van der Waals surface area contributed by atoms with Gasteiger partial charge in [-0.05, 0) is 6.92 Å². The second-order valence-corrected chi connectivity index (χ2v) is 1.12. The fourth-order valence-electron chi connectivity index (χ4n) is 0.296. The summed E-state index contributed by atoms with van der Waals surface area (Å²) in [5.41, 5.74) is 0.442. The van der Waals surface area contributed by atoms with Gasteiger partial charge in [-0.25, -0.2) is 0 Å². The predicted octanol–water partition coefficient (Wildman–Crippen LogP) is 0.562. The van der Waals surface area contributed by atoms with Gasteiger partial charge >= 0.3 is 6.08 Å². The van der Waals surface area contributed by atoms with Crippen LogP contribution >= 0.6 is 0 Å². The first kappa shape index (κ1) is 4.18. The molecular weight excluding hydrogens is 94.0 g/mol. The molecule has 1 aromatic heterocycles. The molecule has 0 aliphatic rings. The van der Waals surface area contributed by atoms with Gasteiger partial charge in [0.2, 0.25) is 0 Å². The molecule has 1 radical (unpaired) electrons. The first-order valence-electron chi connectivity index (χ1n) is 1.75. The molecule has 0 bridgehead atoms. The number of aromatic hydroxyl groups is 1. The number of oxazole rings is 1. The van der Waals surface area contributed by atoms with Crippen LogP contribution < -0.4 is 0 Å². The second kappa shape index (κ2) is 1.26. The van der Waals surface area contributed by atoms with Crippen LogP contribution in [0.5, 0.6) is 6.08 Å². The Hall–Kier alpha value is -0.990. The molecule has 1 aromatic rings. The Balaban J connectivity index is 3.04. The zero-order valence-corrected chi connectivity index (χ0v) is 3.59. The molecule has 3 heteroatoms. The lowest BCUT2D eigenvalue weighted by Crippen LogP contribution is -1.63. The molecule has 0 aromatic carbocycles. The molecule has 3 nitrogen and oxygen atoms in total. The van der Waals surface area contributed by atoms with Crippen LogP contribution in [-0.2, 0) is 0 Å². The monoisotopic (exact) mass is 98.0 g/mol. The van der Waals surface area contributed by atoms with Crippen molar-refractivity contribution in [3.63, 3.8) is 0 Å². The molecule has 0 aliphatic heterocycles. The molecule has 1 rings (SSSR count). The lowest BCUT2D eigenvalue weighted by Gasteiger charge is -1.68.